The molecular weight excluding hydrogens is 330 g/mol. The van der Waals surface area contributed by atoms with Crippen molar-refractivity contribution in [3.63, 3.8) is 0 Å². The second kappa shape index (κ2) is 6.72. The summed E-state index contributed by atoms with van der Waals surface area (Å²) in [6.45, 7) is 2.29. The van der Waals surface area contributed by atoms with Crippen LogP contribution in [0, 0.1) is 12.8 Å². The summed E-state index contributed by atoms with van der Waals surface area (Å²) in [5.41, 5.74) is 1.73. The summed E-state index contributed by atoms with van der Waals surface area (Å²) in [7, 11) is 0. The van der Waals surface area contributed by atoms with Gasteiger partial charge in [0.25, 0.3) is 0 Å². The van der Waals surface area contributed by atoms with Crippen molar-refractivity contribution in [2.75, 3.05) is 23.0 Å². The van der Waals surface area contributed by atoms with Crippen molar-refractivity contribution in [2.24, 2.45) is 5.92 Å². The van der Waals surface area contributed by atoms with Crippen molar-refractivity contribution in [2.45, 2.75) is 18.2 Å². The molecule has 1 aliphatic rings. The summed E-state index contributed by atoms with van der Waals surface area (Å²) >= 11 is 3.03. The minimum Gasteiger partial charge on any atom is -0.312 e. The minimum atomic E-state index is -0.343. The van der Waals surface area contributed by atoms with Crippen LogP contribution in [0.15, 0.2) is 34.5 Å². The third-order valence-electron chi connectivity index (χ3n) is 3.71. The fourth-order valence-electron chi connectivity index (χ4n) is 2.53. The summed E-state index contributed by atoms with van der Waals surface area (Å²) < 4.78 is 0. The maximum Gasteiger partial charge on any atom is 0.231 e. The number of benzene rings is 1. The number of hydrogen-bond donors (Lipinski definition) is 1. The number of carbonyl (C=O) groups excluding carboxylic acids is 2. The first-order valence-electron chi connectivity index (χ1n) is 7.24. The summed E-state index contributed by atoms with van der Waals surface area (Å²) in [4.78, 5) is 31.6. The molecule has 23 heavy (non-hydrogen) atoms. The van der Waals surface area contributed by atoms with Crippen LogP contribution >= 0.6 is 23.1 Å². The van der Waals surface area contributed by atoms with E-state index in [0.717, 1.165) is 16.3 Å². The quantitative estimate of drug-likeness (QED) is 0.863. The molecule has 1 aromatic carbocycles. The van der Waals surface area contributed by atoms with Crippen molar-refractivity contribution in [1.82, 2.24) is 4.98 Å². The second-order valence-electron chi connectivity index (χ2n) is 5.39. The molecule has 1 aromatic heterocycles. The van der Waals surface area contributed by atoms with Gasteiger partial charge in [-0.3, -0.25) is 9.59 Å². The molecule has 1 aliphatic heterocycles. The van der Waals surface area contributed by atoms with E-state index in [1.54, 1.807) is 16.7 Å². The molecule has 1 saturated heterocycles. The van der Waals surface area contributed by atoms with Gasteiger partial charge in [-0.1, -0.05) is 6.07 Å². The highest BCUT2D eigenvalue weighted by Crippen LogP contribution is 2.29. The number of rotatable bonds is 4. The lowest BCUT2D eigenvalue weighted by molar-refractivity contribution is -0.122. The Bertz CT molecular complexity index is 744. The summed E-state index contributed by atoms with van der Waals surface area (Å²) in [5, 5.41) is 5.28. The molecule has 120 valence electrons. The van der Waals surface area contributed by atoms with Gasteiger partial charge >= 0.3 is 0 Å². The van der Waals surface area contributed by atoms with E-state index >= 15 is 0 Å². The number of aryl methyl sites for hydroxylation is 1. The molecule has 7 heteroatoms. The third kappa shape index (κ3) is 3.56. The van der Waals surface area contributed by atoms with Crippen LogP contribution in [0.25, 0.3) is 0 Å². The summed E-state index contributed by atoms with van der Waals surface area (Å²) in [6.07, 6.45) is 2.23. The van der Waals surface area contributed by atoms with E-state index in [0.29, 0.717) is 11.7 Å². The fraction of sp³-hybridized carbons (Fsp3) is 0.312. The van der Waals surface area contributed by atoms with Gasteiger partial charge in [-0.15, -0.1) is 23.1 Å². The van der Waals surface area contributed by atoms with Gasteiger partial charge in [0, 0.05) is 28.9 Å². The number of anilines is 2. The molecule has 1 fully saturated rings. The number of aromatic nitrogens is 1. The number of carbonyl (C=O) groups is 2. The number of nitrogens with zero attached hydrogens (tertiary/aromatic N) is 2. The van der Waals surface area contributed by atoms with Crippen LogP contribution in [0.5, 0.6) is 0 Å². The van der Waals surface area contributed by atoms with E-state index in [-0.39, 0.29) is 24.2 Å². The van der Waals surface area contributed by atoms with Crippen molar-refractivity contribution in [1.29, 1.82) is 0 Å². The Balaban J connectivity index is 1.70. The van der Waals surface area contributed by atoms with E-state index < -0.39 is 0 Å². The Morgan fingerprint density at radius 2 is 2.30 bits per heavy atom. The molecule has 0 spiro atoms. The second-order valence-corrected chi connectivity index (χ2v) is 7.13. The number of hydrogen-bond acceptors (Lipinski definition) is 5. The molecule has 0 radical (unpaired) electrons. The average molecular weight is 347 g/mol. The Labute approximate surface area is 143 Å². The van der Waals surface area contributed by atoms with Crippen LogP contribution in [-0.2, 0) is 9.59 Å². The summed E-state index contributed by atoms with van der Waals surface area (Å²) in [5.74, 6) is -0.500. The smallest absolute Gasteiger partial charge is 0.231 e. The van der Waals surface area contributed by atoms with Crippen molar-refractivity contribution in [3.05, 3.63) is 35.3 Å². The highest BCUT2D eigenvalue weighted by atomic mass is 32.2. The van der Waals surface area contributed by atoms with Crippen molar-refractivity contribution < 1.29 is 9.59 Å². The van der Waals surface area contributed by atoms with Crippen molar-refractivity contribution in [3.8, 4) is 0 Å². The monoisotopic (exact) mass is 347 g/mol. The van der Waals surface area contributed by atoms with Gasteiger partial charge in [0.1, 0.15) is 0 Å². The highest BCUT2D eigenvalue weighted by molar-refractivity contribution is 7.98. The Kier molecular flexibility index (Phi) is 4.68. The first-order valence-corrected chi connectivity index (χ1v) is 9.34. The van der Waals surface area contributed by atoms with Crippen LogP contribution in [0.1, 0.15) is 12.1 Å². The van der Waals surface area contributed by atoms with Crippen LogP contribution in [0.2, 0.25) is 0 Å². The third-order valence-corrected chi connectivity index (χ3v) is 5.31. The molecule has 0 bridgehead atoms. The molecule has 0 saturated carbocycles. The zero-order valence-corrected chi connectivity index (χ0v) is 14.5. The van der Waals surface area contributed by atoms with Gasteiger partial charge in [-0.2, -0.15) is 0 Å². The van der Waals surface area contributed by atoms with Gasteiger partial charge < -0.3 is 10.2 Å². The van der Waals surface area contributed by atoms with Crippen LogP contribution in [0.4, 0.5) is 10.8 Å². The van der Waals surface area contributed by atoms with Gasteiger partial charge in [-0.05, 0) is 31.4 Å². The van der Waals surface area contributed by atoms with Gasteiger partial charge in [0.15, 0.2) is 5.13 Å². The molecule has 3 rings (SSSR count). The van der Waals surface area contributed by atoms with Gasteiger partial charge in [0.2, 0.25) is 11.8 Å². The zero-order chi connectivity index (χ0) is 16.4. The first kappa shape index (κ1) is 16.0. The SMILES string of the molecule is CSc1cccc(N2C[C@@H](C(=O)Nc3nc(C)cs3)CC2=O)c1. The Hall–Kier alpha value is -1.86. The summed E-state index contributed by atoms with van der Waals surface area (Å²) in [6, 6.07) is 7.82. The number of amides is 2. The Morgan fingerprint density at radius 3 is 3.00 bits per heavy atom. The van der Waals surface area contributed by atoms with Crippen LogP contribution in [-0.4, -0.2) is 29.6 Å². The lowest BCUT2D eigenvalue weighted by Gasteiger charge is -2.17. The van der Waals surface area contributed by atoms with E-state index in [4.69, 9.17) is 0 Å². The van der Waals surface area contributed by atoms with E-state index in [9.17, 15) is 9.59 Å². The zero-order valence-electron chi connectivity index (χ0n) is 12.9. The van der Waals surface area contributed by atoms with Crippen LogP contribution in [0.3, 0.4) is 0 Å². The molecule has 1 atom stereocenters. The minimum absolute atomic E-state index is 0.0151. The lowest BCUT2D eigenvalue weighted by atomic mass is 10.1. The van der Waals surface area contributed by atoms with Crippen molar-refractivity contribution >= 4 is 45.7 Å². The first-order chi connectivity index (χ1) is 11.1. The maximum absolute atomic E-state index is 12.3. The lowest BCUT2D eigenvalue weighted by Crippen LogP contribution is -2.28. The normalized spacial score (nSPS) is 17.6. The molecule has 5 nitrogen and oxygen atoms in total. The predicted octanol–water partition coefficient (Wildman–Crippen LogP) is 3.17. The number of thiazole rings is 1. The van der Waals surface area contributed by atoms with Crippen LogP contribution < -0.4 is 10.2 Å². The molecule has 1 N–H and O–H groups in total. The standard InChI is InChI=1S/C16H17N3O2S2/c1-10-9-23-16(17-10)18-15(21)11-6-14(20)19(8-11)12-4-3-5-13(7-12)22-2/h3-5,7,9,11H,6,8H2,1-2H3,(H,17,18,21)/t11-/m0/s1. The molecular formula is C16H17N3O2S2. The predicted molar refractivity (Wildman–Crippen MR) is 94.2 cm³/mol. The van der Waals surface area contributed by atoms with E-state index in [1.807, 2.05) is 42.8 Å². The number of nitrogens with one attached hydrogen (secondary N) is 1. The highest BCUT2D eigenvalue weighted by Gasteiger charge is 2.35. The van der Waals surface area contributed by atoms with E-state index in [1.165, 1.54) is 11.3 Å². The average Bonchev–Trinajstić information content (AvgIpc) is 3.13. The molecule has 2 heterocycles. The molecule has 2 amide bonds. The molecule has 0 aliphatic carbocycles. The maximum atomic E-state index is 12.3. The fourth-order valence-corrected chi connectivity index (χ4v) is 3.67. The van der Waals surface area contributed by atoms with Gasteiger partial charge in [0.05, 0.1) is 11.6 Å². The molecule has 0 unspecified atom stereocenters. The topological polar surface area (TPSA) is 62.3 Å². The van der Waals surface area contributed by atoms with E-state index in [2.05, 4.69) is 10.3 Å². The number of thioether (sulfide) groups is 1. The van der Waals surface area contributed by atoms with Gasteiger partial charge in [-0.25, -0.2) is 4.98 Å². The Morgan fingerprint density at radius 1 is 1.48 bits per heavy atom. The molecule has 2 aromatic rings. The largest absolute Gasteiger partial charge is 0.312 e.